The summed E-state index contributed by atoms with van der Waals surface area (Å²) in [6.07, 6.45) is 0.372. The molecule has 0 aliphatic heterocycles. The standard InChI is InChI=1S/C23H23NO/c1-18-10-9-11-19(16-18)17-22(25)24-23(2,20-12-5-3-6-13-20)21-14-7-4-8-15-21/h3-16H,17H2,1-2H3,(H,24,25). The molecule has 0 aromatic heterocycles. The first-order chi connectivity index (χ1) is 12.1. The fourth-order valence-corrected chi connectivity index (χ4v) is 3.18. The molecule has 2 heteroatoms. The molecule has 1 N–H and O–H groups in total. The van der Waals surface area contributed by atoms with Gasteiger partial charge in [0.2, 0.25) is 5.91 Å². The van der Waals surface area contributed by atoms with E-state index in [1.807, 2.05) is 61.5 Å². The van der Waals surface area contributed by atoms with Crippen LogP contribution in [0.25, 0.3) is 0 Å². The molecule has 0 fully saturated rings. The highest BCUT2D eigenvalue weighted by Crippen LogP contribution is 2.29. The summed E-state index contributed by atoms with van der Waals surface area (Å²) < 4.78 is 0. The highest BCUT2D eigenvalue weighted by molar-refractivity contribution is 5.80. The fourth-order valence-electron chi connectivity index (χ4n) is 3.18. The second-order valence-corrected chi connectivity index (χ2v) is 6.57. The molecule has 0 unspecified atom stereocenters. The Kier molecular flexibility index (Phi) is 4.99. The van der Waals surface area contributed by atoms with Crippen LogP contribution in [0.3, 0.4) is 0 Å². The van der Waals surface area contributed by atoms with Gasteiger partial charge >= 0.3 is 0 Å². The normalized spacial score (nSPS) is 11.1. The zero-order valence-corrected chi connectivity index (χ0v) is 14.7. The minimum absolute atomic E-state index is 0.0146. The van der Waals surface area contributed by atoms with E-state index in [0.717, 1.165) is 16.7 Å². The number of carbonyl (C=O) groups excluding carboxylic acids is 1. The van der Waals surface area contributed by atoms with Crippen molar-refractivity contribution < 1.29 is 4.79 Å². The van der Waals surface area contributed by atoms with Gasteiger partial charge in [0.25, 0.3) is 0 Å². The van der Waals surface area contributed by atoms with Crippen LogP contribution in [0, 0.1) is 6.92 Å². The molecule has 0 aliphatic carbocycles. The molecule has 0 spiro atoms. The highest BCUT2D eigenvalue weighted by Gasteiger charge is 2.30. The molecule has 2 nitrogen and oxygen atoms in total. The number of amides is 1. The van der Waals surface area contributed by atoms with Crippen LogP contribution in [0.15, 0.2) is 84.9 Å². The first kappa shape index (κ1) is 17.0. The Balaban J connectivity index is 1.89. The molecule has 0 saturated heterocycles. The van der Waals surface area contributed by atoms with E-state index in [1.165, 1.54) is 5.56 Å². The molecule has 0 heterocycles. The minimum atomic E-state index is -0.566. The lowest BCUT2D eigenvalue weighted by Gasteiger charge is -2.32. The number of benzene rings is 3. The number of nitrogens with one attached hydrogen (secondary N) is 1. The van der Waals surface area contributed by atoms with Crippen LogP contribution in [-0.4, -0.2) is 5.91 Å². The van der Waals surface area contributed by atoms with Crippen LogP contribution in [0.2, 0.25) is 0 Å². The van der Waals surface area contributed by atoms with Crippen molar-refractivity contribution in [3.8, 4) is 0 Å². The number of hydrogen-bond donors (Lipinski definition) is 1. The molecular weight excluding hydrogens is 306 g/mol. The molecule has 3 aromatic carbocycles. The number of aryl methyl sites for hydroxylation is 1. The molecule has 3 rings (SSSR count). The van der Waals surface area contributed by atoms with Crippen LogP contribution in [0.5, 0.6) is 0 Å². The SMILES string of the molecule is Cc1cccc(CC(=O)NC(C)(c2ccccc2)c2ccccc2)c1. The molecule has 0 atom stereocenters. The van der Waals surface area contributed by atoms with Gasteiger partial charge in [0.15, 0.2) is 0 Å². The monoisotopic (exact) mass is 329 g/mol. The van der Waals surface area contributed by atoms with Gasteiger partial charge in [0.05, 0.1) is 12.0 Å². The van der Waals surface area contributed by atoms with Gasteiger partial charge in [0, 0.05) is 0 Å². The van der Waals surface area contributed by atoms with Gasteiger partial charge in [0.1, 0.15) is 0 Å². The average Bonchev–Trinajstić information content (AvgIpc) is 2.63. The minimum Gasteiger partial charge on any atom is -0.342 e. The lowest BCUT2D eigenvalue weighted by atomic mass is 9.84. The average molecular weight is 329 g/mol. The summed E-state index contributed by atoms with van der Waals surface area (Å²) >= 11 is 0. The van der Waals surface area contributed by atoms with Crippen molar-refractivity contribution in [2.45, 2.75) is 25.8 Å². The topological polar surface area (TPSA) is 29.1 Å². The van der Waals surface area contributed by atoms with E-state index in [2.05, 4.69) is 42.6 Å². The van der Waals surface area contributed by atoms with Gasteiger partial charge in [-0.05, 0) is 30.5 Å². The Hall–Kier alpha value is -2.87. The van der Waals surface area contributed by atoms with Crippen LogP contribution < -0.4 is 5.32 Å². The molecule has 25 heavy (non-hydrogen) atoms. The van der Waals surface area contributed by atoms with E-state index in [0.29, 0.717) is 6.42 Å². The number of carbonyl (C=O) groups is 1. The summed E-state index contributed by atoms with van der Waals surface area (Å²) in [5.41, 5.74) is 3.77. The van der Waals surface area contributed by atoms with Crippen LogP contribution in [0.4, 0.5) is 0 Å². The molecule has 0 saturated carbocycles. The maximum atomic E-state index is 12.8. The molecule has 3 aromatic rings. The van der Waals surface area contributed by atoms with Gasteiger partial charge in [-0.2, -0.15) is 0 Å². The predicted molar refractivity (Wildman–Crippen MR) is 102 cm³/mol. The largest absolute Gasteiger partial charge is 0.342 e. The molecule has 0 aliphatic rings. The number of hydrogen-bond acceptors (Lipinski definition) is 1. The Morgan fingerprint density at radius 3 is 1.92 bits per heavy atom. The molecule has 0 bridgehead atoms. The van der Waals surface area contributed by atoms with Crippen molar-refractivity contribution in [3.05, 3.63) is 107 Å². The van der Waals surface area contributed by atoms with Crippen molar-refractivity contribution in [1.82, 2.24) is 5.32 Å². The maximum absolute atomic E-state index is 12.8. The van der Waals surface area contributed by atoms with Crippen LogP contribution in [-0.2, 0) is 16.8 Å². The Labute approximate surface area is 149 Å². The first-order valence-electron chi connectivity index (χ1n) is 8.55. The summed E-state index contributed by atoms with van der Waals surface area (Å²) in [6.45, 7) is 4.10. The lowest BCUT2D eigenvalue weighted by Crippen LogP contribution is -2.45. The maximum Gasteiger partial charge on any atom is 0.225 e. The fraction of sp³-hybridized carbons (Fsp3) is 0.174. The Morgan fingerprint density at radius 1 is 0.840 bits per heavy atom. The third-order valence-corrected chi connectivity index (χ3v) is 4.54. The van der Waals surface area contributed by atoms with Gasteiger partial charge in [-0.25, -0.2) is 0 Å². The first-order valence-corrected chi connectivity index (χ1v) is 8.55. The summed E-state index contributed by atoms with van der Waals surface area (Å²) in [5.74, 6) is 0.0146. The second-order valence-electron chi connectivity index (χ2n) is 6.57. The van der Waals surface area contributed by atoms with E-state index < -0.39 is 5.54 Å². The summed E-state index contributed by atoms with van der Waals surface area (Å²) in [4.78, 5) is 12.8. The van der Waals surface area contributed by atoms with E-state index in [4.69, 9.17) is 0 Å². The summed E-state index contributed by atoms with van der Waals surface area (Å²) in [5, 5.41) is 3.25. The van der Waals surface area contributed by atoms with Gasteiger partial charge in [-0.3, -0.25) is 4.79 Å². The highest BCUT2D eigenvalue weighted by atomic mass is 16.1. The smallest absolute Gasteiger partial charge is 0.225 e. The quantitative estimate of drug-likeness (QED) is 0.727. The zero-order valence-electron chi connectivity index (χ0n) is 14.7. The molecule has 1 amide bonds. The lowest BCUT2D eigenvalue weighted by molar-refractivity contribution is -0.121. The van der Waals surface area contributed by atoms with E-state index in [-0.39, 0.29) is 5.91 Å². The van der Waals surface area contributed by atoms with Gasteiger partial charge in [-0.1, -0.05) is 90.5 Å². The molecule has 0 radical (unpaired) electrons. The third kappa shape index (κ3) is 3.97. The van der Waals surface area contributed by atoms with Gasteiger partial charge in [-0.15, -0.1) is 0 Å². The predicted octanol–water partition coefficient (Wildman–Crippen LogP) is 4.62. The third-order valence-electron chi connectivity index (χ3n) is 4.54. The Morgan fingerprint density at radius 2 is 1.40 bits per heavy atom. The van der Waals surface area contributed by atoms with Gasteiger partial charge < -0.3 is 5.32 Å². The zero-order chi connectivity index (χ0) is 17.7. The van der Waals surface area contributed by atoms with Crippen LogP contribution in [0.1, 0.15) is 29.2 Å². The van der Waals surface area contributed by atoms with E-state index in [9.17, 15) is 4.79 Å². The summed E-state index contributed by atoms with van der Waals surface area (Å²) in [6, 6.07) is 28.3. The Bertz CT molecular complexity index is 801. The van der Waals surface area contributed by atoms with E-state index >= 15 is 0 Å². The van der Waals surface area contributed by atoms with Crippen molar-refractivity contribution in [2.24, 2.45) is 0 Å². The number of rotatable bonds is 5. The van der Waals surface area contributed by atoms with E-state index in [1.54, 1.807) is 0 Å². The van der Waals surface area contributed by atoms with Crippen molar-refractivity contribution in [1.29, 1.82) is 0 Å². The second kappa shape index (κ2) is 7.35. The summed E-state index contributed by atoms with van der Waals surface area (Å²) in [7, 11) is 0. The van der Waals surface area contributed by atoms with Crippen molar-refractivity contribution >= 4 is 5.91 Å². The van der Waals surface area contributed by atoms with Crippen molar-refractivity contribution in [2.75, 3.05) is 0 Å². The molecular formula is C23H23NO. The van der Waals surface area contributed by atoms with Crippen molar-refractivity contribution in [3.63, 3.8) is 0 Å². The molecule has 126 valence electrons. The van der Waals surface area contributed by atoms with Crippen LogP contribution >= 0.6 is 0 Å².